The summed E-state index contributed by atoms with van der Waals surface area (Å²) in [5.41, 5.74) is 2.48. The van der Waals surface area contributed by atoms with E-state index in [9.17, 15) is 19.5 Å². The van der Waals surface area contributed by atoms with Crippen LogP contribution in [0.5, 0.6) is 0 Å². The second kappa shape index (κ2) is 9.91. The number of para-hydroxylation sites is 1. The highest BCUT2D eigenvalue weighted by molar-refractivity contribution is 5.98. The highest BCUT2D eigenvalue weighted by Crippen LogP contribution is 2.62. The van der Waals surface area contributed by atoms with Gasteiger partial charge >= 0.3 is 11.9 Å². The van der Waals surface area contributed by atoms with Gasteiger partial charge in [0.15, 0.2) is 0 Å². The zero-order chi connectivity index (χ0) is 27.0. The third-order valence-electron chi connectivity index (χ3n) is 7.36. The standard InChI is InChI=1S/C31H29NO6/c1-18(2)30(36)38-19(3)17-37-31-23-15-9-7-13-21(23)25(22-14-8-10-16-24(22)31)26(27(31)29(34)35)28(33)32-20-11-5-4-6-12-20/h4-16,19,25-27H,1,17H2,2-3H3,(H,32,33)(H,34,35). The van der Waals surface area contributed by atoms with Crippen LogP contribution in [0.15, 0.2) is 91.0 Å². The summed E-state index contributed by atoms with van der Waals surface area (Å²) in [5, 5.41) is 13.6. The molecule has 3 atom stereocenters. The predicted molar refractivity (Wildman–Crippen MR) is 142 cm³/mol. The Morgan fingerprint density at radius 2 is 1.50 bits per heavy atom. The zero-order valence-corrected chi connectivity index (χ0v) is 21.2. The number of carboxylic acids is 1. The van der Waals surface area contributed by atoms with Crippen molar-refractivity contribution in [3.8, 4) is 0 Å². The monoisotopic (exact) mass is 511 g/mol. The van der Waals surface area contributed by atoms with Crippen molar-refractivity contribution in [3.05, 3.63) is 113 Å². The molecule has 7 heteroatoms. The van der Waals surface area contributed by atoms with E-state index in [0.717, 1.165) is 11.1 Å². The van der Waals surface area contributed by atoms with Crippen molar-refractivity contribution < 1.29 is 29.0 Å². The molecule has 0 saturated heterocycles. The van der Waals surface area contributed by atoms with Crippen molar-refractivity contribution in [2.75, 3.05) is 11.9 Å². The average Bonchev–Trinajstić information content (AvgIpc) is 2.92. The van der Waals surface area contributed by atoms with Crippen LogP contribution in [0.25, 0.3) is 0 Å². The maximum atomic E-state index is 13.9. The molecule has 0 fully saturated rings. The number of carbonyl (C=O) groups excluding carboxylic acids is 2. The van der Waals surface area contributed by atoms with E-state index < -0.39 is 47.3 Å². The Hall–Kier alpha value is -4.23. The van der Waals surface area contributed by atoms with E-state index in [0.29, 0.717) is 16.8 Å². The molecule has 2 bridgehead atoms. The fourth-order valence-electron chi connectivity index (χ4n) is 5.88. The van der Waals surface area contributed by atoms with Crippen LogP contribution in [0, 0.1) is 11.8 Å². The predicted octanol–water partition coefficient (Wildman–Crippen LogP) is 4.87. The molecule has 38 heavy (non-hydrogen) atoms. The van der Waals surface area contributed by atoms with Crippen LogP contribution < -0.4 is 5.32 Å². The summed E-state index contributed by atoms with van der Waals surface area (Å²) < 4.78 is 12.0. The fraction of sp³-hybridized carbons (Fsp3) is 0.258. The number of carbonyl (C=O) groups is 3. The number of aliphatic carboxylic acids is 1. The normalized spacial score (nSPS) is 23.5. The highest BCUT2D eigenvalue weighted by Gasteiger charge is 2.64. The van der Waals surface area contributed by atoms with Crippen molar-refractivity contribution in [2.24, 2.45) is 11.8 Å². The molecule has 0 spiro atoms. The van der Waals surface area contributed by atoms with Crippen LogP contribution in [0.3, 0.4) is 0 Å². The first-order valence-electron chi connectivity index (χ1n) is 12.5. The van der Waals surface area contributed by atoms with E-state index in [2.05, 4.69) is 11.9 Å². The van der Waals surface area contributed by atoms with Gasteiger partial charge in [-0.15, -0.1) is 0 Å². The Kier molecular flexibility index (Phi) is 6.63. The summed E-state index contributed by atoms with van der Waals surface area (Å²) in [6, 6.07) is 24.0. The number of rotatable bonds is 8. The number of nitrogens with one attached hydrogen (secondary N) is 1. The lowest BCUT2D eigenvalue weighted by atomic mass is 9.51. The van der Waals surface area contributed by atoms with Crippen molar-refractivity contribution in [3.63, 3.8) is 0 Å². The van der Waals surface area contributed by atoms with Crippen LogP contribution in [-0.2, 0) is 29.5 Å². The first kappa shape index (κ1) is 25.4. The van der Waals surface area contributed by atoms with Crippen LogP contribution in [0.4, 0.5) is 5.69 Å². The van der Waals surface area contributed by atoms with E-state index >= 15 is 0 Å². The van der Waals surface area contributed by atoms with E-state index in [1.165, 1.54) is 0 Å². The summed E-state index contributed by atoms with van der Waals surface area (Å²) >= 11 is 0. The SMILES string of the molecule is C=C(C)C(=O)OC(C)COC12c3ccccc3C(c3ccccc31)C(C(=O)Nc1ccccc1)C2C(=O)O. The molecule has 3 unspecified atom stereocenters. The first-order chi connectivity index (χ1) is 18.3. The van der Waals surface area contributed by atoms with E-state index in [-0.39, 0.29) is 12.2 Å². The Labute approximate surface area is 221 Å². The van der Waals surface area contributed by atoms with Gasteiger partial charge in [-0.1, -0.05) is 73.3 Å². The highest BCUT2D eigenvalue weighted by atomic mass is 16.6. The maximum Gasteiger partial charge on any atom is 0.333 e. The molecule has 0 saturated carbocycles. The number of ether oxygens (including phenoxy) is 2. The molecular formula is C31H29NO6. The number of carboxylic acid groups (broad SMARTS) is 1. The molecule has 7 nitrogen and oxygen atoms in total. The van der Waals surface area contributed by atoms with E-state index in [4.69, 9.17) is 9.47 Å². The number of fused-ring (bicyclic) bond motifs is 1. The van der Waals surface area contributed by atoms with Gasteiger partial charge in [0.2, 0.25) is 5.91 Å². The van der Waals surface area contributed by atoms with Crippen molar-refractivity contribution >= 4 is 23.5 Å². The number of anilines is 1. The van der Waals surface area contributed by atoms with Gasteiger partial charge in [-0.3, -0.25) is 9.59 Å². The maximum absolute atomic E-state index is 13.9. The summed E-state index contributed by atoms with van der Waals surface area (Å²) in [7, 11) is 0. The lowest BCUT2D eigenvalue weighted by Crippen LogP contribution is -2.59. The molecule has 1 amide bonds. The number of amides is 1. The van der Waals surface area contributed by atoms with E-state index in [1.54, 1.807) is 38.1 Å². The van der Waals surface area contributed by atoms with Gasteiger partial charge in [0.25, 0.3) is 0 Å². The minimum atomic E-state index is -1.48. The van der Waals surface area contributed by atoms with Gasteiger partial charge < -0.3 is 19.9 Å². The molecule has 3 aromatic rings. The molecular weight excluding hydrogens is 482 g/mol. The van der Waals surface area contributed by atoms with Gasteiger partial charge in [0.05, 0.1) is 12.5 Å². The molecule has 3 aromatic carbocycles. The van der Waals surface area contributed by atoms with Crippen LogP contribution in [-0.4, -0.2) is 35.7 Å². The third kappa shape index (κ3) is 4.09. The molecule has 3 aliphatic carbocycles. The largest absolute Gasteiger partial charge is 0.481 e. The third-order valence-corrected chi connectivity index (χ3v) is 7.36. The Morgan fingerprint density at radius 3 is 2.05 bits per heavy atom. The number of benzene rings is 3. The number of hydrogen-bond acceptors (Lipinski definition) is 5. The minimum absolute atomic E-state index is 0.0802. The summed E-state index contributed by atoms with van der Waals surface area (Å²) in [4.78, 5) is 39.1. The quantitative estimate of drug-likeness (QED) is 0.331. The Bertz CT molecular complexity index is 1370. The Morgan fingerprint density at radius 1 is 0.947 bits per heavy atom. The topological polar surface area (TPSA) is 102 Å². The van der Waals surface area contributed by atoms with Crippen LogP contribution in [0.2, 0.25) is 0 Å². The second-order valence-corrected chi connectivity index (χ2v) is 9.89. The molecule has 6 rings (SSSR count). The van der Waals surface area contributed by atoms with Crippen molar-refractivity contribution in [2.45, 2.75) is 31.5 Å². The fourth-order valence-corrected chi connectivity index (χ4v) is 5.88. The second-order valence-electron chi connectivity index (χ2n) is 9.89. The minimum Gasteiger partial charge on any atom is -0.481 e. The van der Waals surface area contributed by atoms with Gasteiger partial charge in [-0.05, 0) is 48.2 Å². The number of esters is 1. The molecule has 0 aliphatic heterocycles. The van der Waals surface area contributed by atoms with E-state index in [1.807, 2.05) is 54.6 Å². The first-order valence-corrected chi connectivity index (χ1v) is 12.5. The van der Waals surface area contributed by atoms with Crippen LogP contribution >= 0.6 is 0 Å². The zero-order valence-electron chi connectivity index (χ0n) is 21.2. The number of hydrogen-bond donors (Lipinski definition) is 2. The Balaban J connectivity index is 1.65. The van der Waals surface area contributed by atoms with Gasteiger partial charge in [0, 0.05) is 17.2 Å². The summed E-state index contributed by atoms with van der Waals surface area (Å²) in [6.07, 6.45) is -0.682. The van der Waals surface area contributed by atoms with Gasteiger partial charge in [-0.25, -0.2) is 4.79 Å². The van der Waals surface area contributed by atoms with Gasteiger partial charge in [-0.2, -0.15) is 0 Å². The smallest absolute Gasteiger partial charge is 0.333 e. The lowest BCUT2D eigenvalue weighted by Gasteiger charge is -2.55. The molecule has 0 radical (unpaired) electrons. The molecule has 194 valence electrons. The van der Waals surface area contributed by atoms with Gasteiger partial charge in [0.1, 0.15) is 17.6 Å². The molecule has 3 aliphatic rings. The van der Waals surface area contributed by atoms with Crippen molar-refractivity contribution in [1.82, 2.24) is 0 Å². The van der Waals surface area contributed by atoms with Crippen LogP contribution in [0.1, 0.15) is 42.0 Å². The molecule has 2 N–H and O–H groups in total. The lowest BCUT2D eigenvalue weighted by molar-refractivity contribution is -0.176. The summed E-state index contributed by atoms with van der Waals surface area (Å²) in [6.45, 7) is 6.77. The summed E-state index contributed by atoms with van der Waals surface area (Å²) in [5.74, 6) is -4.75. The molecule has 0 heterocycles. The average molecular weight is 512 g/mol. The van der Waals surface area contributed by atoms with Crippen molar-refractivity contribution in [1.29, 1.82) is 0 Å². The molecule has 0 aromatic heterocycles.